The number of esters is 3. The lowest BCUT2D eigenvalue weighted by Gasteiger charge is -2.18. The van der Waals surface area contributed by atoms with E-state index >= 15 is 0 Å². The van der Waals surface area contributed by atoms with Crippen LogP contribution in [0, 0.1) is 0 Å². The summed E-state index contributed by atoms with van der Waals surface area (Å²) in [4.78, 5) is 38.4. The molecule has 0 aromatic carbocycles. The second-order valence-corrected chi connectivity index (χ2v) is 21.3. The van der Waals surface area contributed by atoms with Gasteiger partial charge in [-0.15, -0.1) is 0 Å². The van der Waals surface area contributed by atoms with Gasteiger partial charge in [0.2, 0.25) is 0 Å². The van der Waals surface area contributed by atoms with Gasteiger partial charge in [0.15, 0.2) is 6.10 Å². The third kappa shape index (κ3) is 62.7. The zero-order valence-electron chi connectivity index (χ0n) is 50.9. The minimum Gasteiger partial charge on any atom is -0.462 e. The van der Waals surface area contributed by atoms with E-state index < -0.39 is 6.10 Å². The van der Waals surface area contributed by atoms with E-state index in [-0.39, 0.29) is 31.1 Å². The van der Waals surface area contributed by atoms with Crippen LogP contribution in [0.4, 0.5) is 0 Å². The number of allylic oxidation sites excluding steroid dienone is 20. The zero-order valence-corrected chi connectivity index (χ0v) is 50.9. The third-order valence-electron chi connectivity index (χ3n) is 13.7. The van der Waals surface area contributed by atoms with E-state index in [9.17, 15) is 14.4 Å². The summed E-state index contributed by atoms with van der Waals surface area (Å²) in [5.41, 5.74) is 0. The Bertz CT molecular complexity index is 1620. The first-order valence-corrected chi connectivity index (χ1v) is 32.5. The van der Waals surface area contributed by atoms with Crippen molar-refractivity contribution in [2.24, 2.45) is 0 Å². The van der Waals surface area contributed by atoms with Gasteiger partial charge in [-0.05, 0) is 109 Å². The monoisotopic (exact) mass is 1080 g/mol. The molecule has 0 radical (unpaired) electrons. The molecule has 6 heteroatoms. The fraction of sp³-hybridized carbons (Fsp3) is 0.681. The molecule has 0 aliphatic heterocycles. The second-order valence-electron chi connectivity index (χ2n) is 21.3. The molecule has 0 spiro atoms. The summed E-state index contributed by atoms with van der Waals surface area (Å²) in [6.07, 6.45) is 90.6. The highest BCUT2D eigenvalue weighted by atomic mass is 16.6. The van der Waals surface area contributed by atoms with Gasteiger partial charge in [-0.3, -0.25) is 14.4 Å². The molecule has 0 aromatic heterocycles. The molecule has 0 saturated carbocycles. The highest BCUT2D eigenvalue weighted by molar-refractivity contribution is 5.71. The minimum atomic E-state index is -0.804. The molecule has 444 valence electrons. The Morgan fingerprint density at radius 1 is 0.269 bits per heavy atom. The number of hydrogen-bond donors (Lipinski definition) is 0. The molecular weight excluding hydrogens is 961 g/mol. The highest BCUT2D eigenvalue weighted by Gasteiger charge is 2.19. The van der Waals surface area contributed by atoms with Crippen LogP contribution in [-0.4, -0.2) is 37.2 Å². The number of ether oxygens (including phenoxy) is 3. The first-order valence-electron chi connectivity index (χ1n) is 32.5. The first-order chi connectivity index (χ1) is 38.5. The number of rotatable bonds is 58. The normalized spacial score (nSPS) is 12.9. The van der Waals surface area contributed by atoms with E-state index in [0.717, 1.165) is 128 Å². The van der Waals surface area contributed by atoms with E-state index in [4.69, 9.17) is 14.2 Å². The van der Waals surface area contributed by atoms with Crippen molar-refractivity contribution < 1.29 is 28.6 Å². The van der Waals surface area contributed by atoms with Crippen molar-refractivity contribution >= 4 is 17.9 Å². The van der Waals surface area contributed by atoms with Crippen molar-refractivity contribution in [2.45, 2.75) is 303 Å². The van der Waals surface area contributed by atoms with Gasteiger partial charge in [-0.1, -0.05) is 290 Å². The SMILES string of the molecule is CC/C=C\C/C=C\C/C=C\C/C=C\C/C=C\C/C=C\CCCCC(=O)OCC(COC(=O)CCCCCCCCCCCCCCCCCCCC)OC(=O)CCCCCCCCCC/C=C\C/C=C\C/C=C\C/C=C\CC. The average molecular weight is 1080 g/mol. The first kappa shape index (κ1) is 73.8. The van der Waals surface area contributed by atoms with Gasteiger partial charge in [0.1, 0.15) is 13.2 Å². The van der Waals surface area contributed by atoms with Crippen LogP contribution < -0.4 is 0 Å². The smallest absolute Gasteiger partial charge is 0.306 e. The summed E-state index contributed by atoms with van der Waals surface area (Å²) in [6, 6.07) is 0. The topological polar surface area (TPSA) is 78.9 Å². The molecular formula is C72H120O6. The summed E-state index contributed by atoms with van der Waals surface area (Å²) in [7, 11) is 0. The molecule has 0 rings (SSSR count). The van der Waals surface area contributed by atoms with Gasteiger partial charge < -0.3 is 14.2 Å². The average Bonchev–Trinajstić information content (AvgIpc) is 3.44. The number of carbonyl (C=O) groups is 3. The molecule has 1 atom stereocenters. The standard InChI is InChI=1S/C72H120O6/c1-4-7-10-13-16-19-22-25-28-31-34-36-38-41-44-47-50-53-56-59-62-65-71(74)77-68-69(67-76-70(73)64-61-58-55-52-49-46-43-40-33-30-27-24-21-18-15-12-9-6-3)78-72(75)66-63-60-57-54-51-48-45-42-39-37-35-32-29-26-23-20-17-14-11-8-5-2/h7-8,10-11,16-17,19-20,25-26,28-29,34-37,41,44,50,53,69H,4-6,9,12-15,18,21-24,27,30-33,38-40,42-43,45-49,51-52,54-68H2,1-3H3/b10-7-,11-8-,19-16-,20-17-,28-25-,29-26-,36-34-,37-35-,44-41-,53-50-. The van der Waals surface area contributed by atoms with Crippen molar-refractivity contribution in [3.05, 3.63) is 122 Å². The molecule has 78 heavy (non-hydrogen) atoms. The predicted molar refractivity (Wildman–Crippen MR) is 339 cm³/mol. The Kier molecular flexibility index (Phi) is 61.8. The van der Waals surface area contributed by atoms with Crippen LogP contribution in [0.15, 0.2) is 122 Å². The summed E-state index contributed by atoms with van der Waals surface area (Å²) >= 11 is 0. The summed E-state index contributed by atoms with van der Waals surface area (Å²) in [6.45, 7) is 6.40. The highest BCUT2D eigenvalue weighted by Crippen LogP contribution is 2.16. The van der Waals surface area contributed by atoms with Crippen LogP contribution in [-0.2, 0) is 28.6 Å². The van der Waals surface area contributed by atoms with Crippen molar-refractivity contribution in [2.75, 3.05) is 13.2 Å². The lowest BCUT2D eigenvalue weighted by molar-refractivity contribution is -0.167. The quantitative estimate of drug-likeness (QED) is 0.0261. The Balaban J connectivity index is 4.48. The molecule has 0 fully saturated rings. The molecule has 0 aliphatic rings. The molecule has 0 aliphatic carbocycles. The van der Waals surface area contributed by atoms with Crippen LogP contribution in [0.1, 0.15) is 297 Å². The number of hydrogen-bond acceptors (Lipinski definition) is 6. The maximum atomic E-state index is 12.9. The largest absolute Gasteiger partial charge is 0.462 e. The van der Waals surface area contributed by atoms with Gasteiger partial charge in [-0.25, -0.2) is 0 Å². The molecule has 6 nitrogen and oxygen atoms in total. The lowest BCUT2D eigenvalue weighted by Crippen LogP contribution is -2.30. The third-order valence-corrected chi connectivity index (χ3v) is 13.7. The van der Waals surface area contributed by atoms with Gasteiger partial charge in [0, 0.05) is 19.3 Å². The molecule has 0 saturated heterocycles. The summed E-state index contributed by atoms with van der Waals surface area (Å²) in [5, 5.41) is 0. The van der Waals surface area contributed by atoms with E-state index in [1.807, 2.05) is 0 Å². The Hall–Kier alpha value is -4.19. The lowest BCUT2D eigenvalue weighted by atomic mass is 10.0. The van der Waals surface area contributed by atoms with Crippen molar-refractivity contribution in [1.29, 1.82) is 0 Å². The molecule has 1 unspecified atom stereocenters. The van der Waals surface area contributed by atoms with E-state index in [0.29, 0.717) is 19.3 Å². The fourth-order valence-electron chi connectivity index (χ4n) is 8.91. The Morgan fingerprint density at radius 2 is 0.500 bits per heavy atom. The van der Waals surface area contributed by atoms with E-state index in [2.05, 4.69) is 142 Å². The van der Waals surface area contributed by atoms with E-state index in [1.54, 1.807) is 0 Å². The summed E-state index contributed by atoms with van der Waals surface area (Å²) in [5.74, 6) is -0.940. The number of unbranched alkanes of at least 4 members (excludes halogenated alkanes) is 27. The minimum absolute atomic E-state index is 0.0954. The van der Waals surface area contributed by atoms with Crippen LogP contribution in [0.25, 0.3) is 0 Å². The van der Waals surface area contributed by atoms with Gasteiger partial charge in [0.25, 0.3) is 0 Å². The number of carbonyl (C=O) groups excluding carboxylic acids is 3. The van der Waals surface area contributed by atoms with Crippen LogP contribution >= 0.6 is 0 Å². The van der Waals surface area contributed by atoms with Gasteiger partial charge in [-0.2, -0.15) is 0 Å². The van der Waals surface area contributed by atoms with Crippen molar-refractivity contribution in [3.63, 3.8) is 0 Å². The maximum Gasteiger partial charge on any atom is 0.306 e. The Morgan fingerprint density at radius 3 is 0.808 bits per heavy atom. The molecule has 0 heterocycles. The van der Waals surface area contributed by atoms with Crippen LogP contribution in [0.2, 0.25) is 0 Å². The Labute approximate surface area is 482 Å². The van der Waals surface area contributed by atoms with Crippen molar-refractivity contribution in [3.8, 4) is 0 Å². The summed E-state index contributed by atoms with van der Waals surface area (Å²) < 4.78 is 16.9. The van der Waals surface area contributed by atoms with Gasteiger partial charge in [0.05, 0.1) is 0 Å². The van der Waals surface area contributed by atoms with Crippen LogP contribution in [0.3, 0.4) is 0 Å². The zero-order chi connectivity index (χ0) is 56.4. The van der Waals surface area contributed by atoms with Crippen molar-refractivity contribution in [1.82, 2.24) is 0 Å². The van der Waals surface area contributed by atoms with Gasteiger partial charge >= 0.3 is 17.9 Å². The van der Waals surface area contributed by atoms with E-state index in [1.165, 1.54) is 128 Å². The van der Waals surface area contributed by atoms with Crippen LogP contribution in [0.5, 0.6) is 0 Å². The molecule has 0 aromatic rings. The predicted octanol–water partition coefficient (Wildman–Crippen LogP) is 22.4. The second kappa shape index (κ2) is 65.3. The molecule has 0 amide bonds. The molecule has 0 bridgehead atoms. The fourth-order valence-corrected chi connectivity index (χ4v) is 8.91. The maximum absolute atomic E-state index is 12.9. The molecule has 0 N–H and O–H groups in total.